The number of thioether (sulfide) groups is 1. The van der Waals surface area contributed by atoms with Crippen LogP contribution in [-0.4, -0.2) is 17.8 Å². The van der Waals surface area contributed by atoms with E-state index >= 15 is 0 Å². The predicted molar refractivity (Wildman–Crippen MR) is 84.0 cm³/mol. The van der Waals surface area contributed by atoms with Gasteiger partial charge in [-0.05, 0) is 61.9 Å². The summed E-state index contributed by atoms with van der Waals surface area (Å²) in [4.78, 5) is 1.50. The number of fused-ring (bicyclic) bond motifs is 1. The van der Waals surface area contributed by atoms with Crippen molar-refractivity contribution in [1.82, 2.24) is 5.32 Å². The molecule has 2 aliphatic carbocycles. The van der Waals surface area contributed by atoms with Gasteiger partial charge in [0.2, 0.25) is 0 Å². The van der Waals surface area contributed by atoms with Gasteiger partial charge < -0.3 is 5.32 Å². The number of benzene rings is 1. The summed E-state index contributed by atoms with van der Waals surface area (Å²) in [6.07, 6.45) is 9.49. The molecule has 0 bridgehead atoms. The van der Waals surface area contributed by atoms with Crippen LogP contribution in [0.3, 0.4) is 0 Å². The van der Waals surface area contributed by atoms with E-state index in [1.807, 2.05) is 0 Å². The van der Waals surface area contributed by atoms with Gasteiger partial charge in [-0.1, -0.05) is 25.8 Å². The molecule has 2 heteroatoms. The van der Waals surface area contributed by atoms with E-state index in [0.717, 1.165) is 17.8 Å². The maximum absolute atomic E-state index is 3.69. The van der Waals surface area contributed by atoms with Crippen LogP contribution >= 0.6 is 11.8 Å². The van der Waals surface area contributed by atoms with Crippen molar-refractivity contribution in [3.8, 4) is 0 Å². The maximum Gasteiger partial charge on any atom is 0.0248 e. The minimum absolute atomic E-state index is 0.719. The molecule has 0 radical (unpaired) electrons. The molecule has 2 atom stereocenters. The Morgan fingerprint density at radius 1 is 1.11 bits per heavy atom. The molecular formula is C17H25NS. The Hall–Kier alpha value is -0.470. The topological polar surface area (TPSA) is 12.0 Å². The lowest BCUT2D eigenvalue weighted by Gasteiger charge is -2.31. The molecule has 1 saturated carbocycles. The van der Waals surface area contributed by atoms with E-state index in [-0.39, 0.29) is 0 Å². The van der Waals surface area contributed by atoms with Crippen molar-refractivity contribution in [3.05, 3.63) is 29.3 Å². The van der Waals surface area contributed by atoms with E-state index in [0.29, 0.717) is 0 Å². The molecule has 1 N–H and O–H groups in total. The molecule has 0 aliphatic heterocycles. The first-order valence-electron chi connectivity index (χ1n) is 7.88. The summed E-state index contributed by atoms with van der Waals surface area (Å²) < 4.78 is 0. The average molecular weight is 275 g/mol. The first kappa shape index (κ1) is 13.5. The van der Waals surface area contributed by atoms with E-state index in [9.17, 15) is 0 Å². The van der Waals surface area contributed by atoms with Crippen LogP contribution in [0.15, 0.2) is 23.1 Å². The van der Waals surface area contributed by atoms with E-state index < -0.39 is 0 Å². The Morgan fingerprint density at radius 3 is 2.84 bits per heavy atom. The first-order chi connectivity index (χ1) is 9.36. The summed E-state index contributed by atoms with van der Waals surface area (Å²) in [5, 5.41) is 4.46. The first-order valence-corrected chi connectivity index (χ1v) is 8.76. The molecule has 1 aromatic carbocycles. The summed E-state index contributed by atoms with van der Waals surface area (Å²) in [6, 6.07) is 7.91. The molecule has 1 fully saturated rings. The lowest BCUT2D eigenvalue weighted by Crippen LogP contribution is -2.40. The normalized spacial score (nSPS) is 26.4. The second-order valence-electron chi connectivity index (χ2n) is 5.89. The van der Waals surface area contributed by atoms with Crippen LogP contribution in [-0.2, 0) is 12.8 Å². The summed E-state index contributed by atoms with van der Waals surface area (Å²) in [7, 11) is 0. The zero-order valence-corrected chi connectivity index (χ0v) is 12.8. The number of hydrogen-bond donors (Lipinski definition) is 1. The fourth-order valence-electron chi connectivity index (χ4n) is 3.53. The molecular weight excluding hydrogens is 250 g/mol. The van der Waals surface area contributed by atoms with Gasteiger partial charge in [-0.3, -0.25) is 0 Å². The van der Waals surface area contributed by atoms with Crippen molar-refractivity contribution in [2.24, 2.45) is 0 Å². The van der Waals surface area contributed by atoms with Crippen molar-refractivity contribution in [2.45, 2.75) is 68.1 Å². The molecule has 0 amide bonds. The highest BCUT2D eigenvalue weighted by molar-refractivity contribution is 8.00. The maximum atomic E-state index is 3.69. The van der Waals surface area contributed by atoms with Crippen molar-refractivity contribution in [3.63, 3.8) is 0 Å². The average Bonchev–Trinajstić information content (AvgIpc) is 2.89. The number of nitrogens with one attached hydrogen (secondary N) is 1. The van der Waals surface area contributed by atoms with Crippen molar-refractivity contribution >= 4 is 11.8 Å². The molecule has 19 heavy (non-hydrogen) atoms. The van der Waals surface area contributed by atoms with Crippen LogP contribution in [0.25, 0.3) is 0 Å². The number of hydrogen-bond acceptors (Lipinski definition) is 2. The predicted octanol–water partition coefficient (Wildman–Crippen LogP) is 4.19. The molecule has 1 aromatic rings. The van der Waals surface area contributed by atoms with Gasteiger partial charge >= 0.3 is 0 Å². The third-order valence-corrected chi connectivity index (χ3v) is 5.92. The molecule has 0 heterocycles. The Balaban J connectivity index is 1.69. The molecule has 2 aliphatic rings. The lowest BCUT2D eigenvalue weighted by atomic mass is 9.95. The van der Waals surface area contributed by atoms with Crippen molar-refractivity contribution in [1.29, 1.82) is 0 Å². The van der Waals surface area contributed by atoms with Crippen LogP contribution in [0, 0.1) is 0 Å². The molecule has 2 unspecified atom stereocenters. The molecule has 0 spiro atoms. The van der Waals surface area contributed by atoms with Gasteiger partial charge in [-0.25, -0.2) is 0 Å². The molecule has 1 nitrogen and oxygen atoms in total. The summed E-state index contributed by atoms with van der Waals surface area (Å²) in [5.74, 6) is 0. The zero-order chi connectivity index (χ0) is 13.1. The molecule has 0 saturated heterocycles. The minimum atomic E-state index is 0.719. The van der Waals surface area contributed by atoms with Crippen molar-refractivity contribution in [2.75, 3.05) is 6.54 Å². The molecule has 0 aromatic heterocycles. The smallest absolute Gasteiger partial charge is 0.0248 e. The van der Waals surface area contributed by atoms with Crippen LogP contribution < -0.4 is 5.32 Å². The Labute approximate surface area is 121 Å². The van der Waals surface area contributed by atoms with Crippen LogP contribution in [0.5, 0.6) is 0 Å². The van der Waals surface area contributed by atoms with Crippen molar-refractivity contribution < 1.29 is 0 Å². The fraction of sp³-hybridized carbons (Fsp3) is 0.647. The fourth-order valence-corrected chi connectivity index (χ4v) is 4.92. The molecule has 104 valence electrons. The van der Waals surface area contributed by atoms with Crippen LogP contribution in [0.1, 0.15) is 50.2 Å². The summed E-state index contributed by atoms with van der Waals surface area (Å²) >= 11 is 2.12. The number of rotatable bonds is 4. The van der Waals surface area contributed by atoms with E-state index in [4.69, 9.17) is 0 Å². The van der Waals surface area contributed by atoms with Gasteiger partial charge in [-0.15, -0.1) is 11.8 Å². The van der Waals surface area contributed by atoms with E-state index in [1.165, 1.54) is 49.8 Å². The van der Waals surface area contributed by atoms with Gasteiger partial charge in [0.25, 0.3) is 0 Å². The third-order valence-electron chi connectivity index (χ3n) is 4.53. The van der Waals surface area contributed by atoms with Crippen LogP contribution in [0.4, 0.5) is 0 Å². The van der Waals surface area contributed by atoms with Gasteiger partial charge in [-0.2, -0.15) is 0 Å². The van der Waals surface area contributed by atoms with Gasteiger partial charge in [0.15, 0.2) is 0 Å². The summed E-state index contributed by atoms with van der Waals surface area (Å²) in [6.45, 7) is 3.33. The Morgan fingerprint density at radius 2 is 1.95 bits per heavy atom. The Kier molecular flexibility index (Phi) is 4.49. The quantitative estimate of drug-likeness (QED) is 0.884. The second-order valence-corrected chi connectivity index (χ2v) is 7.20. The zero-order valence-electron chi connectivity index (χ0n) is 12.0. The number of aryl methyl sites for hydroxylation is 2. The SMILES string of the molecule is CCNC1CCCCC1Sc1ccc2c(c1)CCC2. The largest absolute Gasteiger partial charge is 0.313 e. The summed E-state index contributed by atoms with van der Waals surface area (Å²) in [5.41, 5.74) is 3.21. The van der Waals surface area contributed by atoms with E-state index in [2.05, 4.69) is 42.2 Å². The van der Waals surface area contributed by atoms with Gasteiger partial charge in [0.05, 0.1) is 0 Å². The van der Waals surface area contributed by atoms with Gasteiger partial charge in [0, 0.05) is 16.2 Å². The standard InChI is InChI=1S/C17H25NS/c1-2-18-16-8-3-4-9-17(16)19-15-11-10-13-6-5-7-14(13)12-15/h10-12,16-18H,2-9H2,1H3. The molecule has 3 rings (SSSR count). The minimum Gasteiger partial charge on any atom is -0.313 e. The monoisotopic (exact) mass is 275 g/mol. The lowest BCUT2D eigenvalue weighted by molar-refractivity contribution is 0.391. The van der Waals surface area contributed by atoms with Crippen LogP contribution in [0.2, 0.25) is 0 Å². The third kappa shape index (κ3) is 3.17. The van der Waals surface area contributed by atoms with E-state index in [1.54, 1.807) is 11.1 Å². The Bertz CT molecular complexity index is 427. The highest BCUT2D eigenvalue weighted by atomic mass is 32.2. The highest BCUT2D eigenvalue weighted by Gasteiger charge is 2.25. The highest BCUT2D eigenvalue weighted by Crippen LogP contribution is 2.35. The second kappa shape index (κ2) is 6.32. The van der Waals surface area contributed by atoms with Gasteiger partial charge in [0.1, 0.15) is 0 Å².